The molecule has 0 spiro atoms. The van der Waals surface area contributed by atoms with Crippen molar-refractivity contribution in [3.63, 3.8) is 0 Å². The highest BCUT2D eigenvalue weighted by Gasteiger charge is 2.28. The molecule has 5 heteroatoms. The van der Waals surface area contributed by atoms with Crippen molar-refractivity contribution in [1.82, 2.24) is 10.3 Å². The zero-order valence-electron chi connectivity index (χ0n) is 12.9. The van der Waals surface area contributed by atoms with Gasteiger partial charge in [-0.15, -0.1) is 0 Å². The van der Waals surface area contributed by atoms with Crippen molar-refractivity contribution in [3.8, 4) is 0 Å². The maximum Gasteiger partial charge on any atom is 0.249 e. The van der Waals surface area contributed by atoms with E-state index in [1.165, 1.54) is 12.1 Å². The number of hydrogen-bond acceptors (Lipinski definition) is 2. The average Bonchev–Trinajstić information content (AvgIpc) is 3.13. The molecule has 2 N–H and O–H groups in total. The summed E-state index contributed by atoms with van der Waals surface area (Å²) in [6.45, 7) is 5.30. The Morgan fingerprint density at radius 1 is 1.50 bits per heavy atom. The van der Waals surface area contributed by atoms with E-state index in [0.717, 1.165) is 29.3 Å². The van der Waals surface area contributed by atoms with Gasteiger partial charge in [0, 0.05) is 35.7 Å². The van der Waals surface area contributed by atoms with E-state index < -0.39 is 0 Å². The smallest absolute Gasteiger partial charge is 0.249 e. The van der Waals surface area contributed by atoms with Gasteiger partial charge in [-0.3, -0.25) is 4.79 Å². The Labute approximate surface area is 129 Å². The normalized spacial score (nSPS) is 18.8. The highest BCUT2D eigenvalue weighted by Crippen LogP contribution is 2.30. The number of aromatic amines is 1. The number of ether oxygens (including phenoxy) is 1. The highest BCUT2D eigenvalue weighted by molar-refractivity contribution is 5.85. The Kier molecular flexibility index (Phi) is 3.91. The molecule has 22 heavy (non-hydrogen) atoms. The molecule has 1 fully saturated rings. The van der Waals surface area contributed by atoms with E-state index in [0.29, 0.717) is 13.2 Å². The highest BCUT2D eigenvalue weighted by atomic mass is 19.1. The maximum atomic E-state index is 13.3. The lowest BCUT2D eigenvalue weighted by Gasteiger charge is -2.25. The van der Waals surface area contributed by atoms with Crippen LogP contribution in [0.5, 0.6) is 0 Å². The van der Waals surface area contributed by atoms with E-state index in [9.17, 15) is 9.18 Å². The summed E-state index contributed by atoms with van der Waals surface area (Å²) in [7, 11) is 0. The van der Waals surface area contributed by atoms with Gasteiger partial charge in [0.25, 0.3) is 0 Å². The minimum atomic E-state index is -0.312. The van der Waals surface area contributed by atoms with Gasteiger partial charge in [-0.25, -0.2) is 4.39 Å². The van der Waals surface area contributed by atoms with E-state index in [1.54, 1.807) is 6.07 Å². The molecule has 1 aliphatic heterocycles. The molecule has 0 aliphatic carbocycles. The van der Waals surface area contributed by atoms with Crippen LogP contribution in [0.2, 0.25) is 0 Å². The first-order valence-corrected chi connectivity index (χ1v) is 7.64. The summed E-state index contributed by atoms with van der Waals surface area (Å²) >= 11 is 0. The molecule has 0 bridgehead atoms. The van der Waals surface area contributed by atoms with Crippen molar-refractivity contribution < 1.29 is 13.9 Å². The summed E-state index contributed by atoms with van der Waals surface area (Å²) in [5.41, 5.74) is 1.58. The quantitative estimate of drug-likeness (QED) is 0.912. The summed E-state index contributed by atoms with van der Waals surface area (Å²) in [6, 6.07) is 4.72. The summed E-state index contributed by atoms with van der Waals surface area (Å²) in [4.78, 5) is 15.2. The fraction of sp³-hybridized carbons (Fsp3) is 0.471. The minimum Gasteiger partial charge on any atom is -0.368 e. The van der Waals surface area contributed by atoms with Crippen LogP contribution in [0.15, 0.2) is 24.4 Å². The van der Waals surface area contributed by atoms with Crippen molar-refractivity contribution >= 4 is 16.8 Å². The van der Waals surface area contributed by atoms with Gasteiger partial charge in [0.05, 0.1) is 0 Å². The Bertz CT molecular complexity index is 687. The third-order valence-electron chi connectivity index (χ3n) is 4.30. The lowest BCUT2D eigenvalue weighted by Crippen LogP contribution is -2.41. The lowest BCUT2D eigenvalue weighted by molar-refractivity contribution is -0.130. The number of halogens is 1. The predicted octanol–water partition coefficient (Wildman–Crippen LogP) is 2.88. The largest absolute Gasteiger partial charge is 0.368 e. The average molecular weight is 304 g/mol. The number of aromatic nitrogens is 1. The molecule has 3 rings (SSSR count). The molecule has 1 aromatic carbocycles. The lowest BCUT2D eigenvalue weighted by atomic mass is 9.84. The molecule has 1 atom stereocenters. The van der Waals surface area contributed by atoms with Gasteiger partial charge in [0.1, 0.15) is 11.9 Å². The Morgan fingerprint density at radius 3 is 3.05 bits per heavy atom. The zero-order chi connectivity index (χ0) is 15.7. The Balaban J connectivity index is 1.74. The van der Waals surface area contributed by atoms with Gasteiger partial charge in [0.2, 0.25) is 5.91 Å². The molecule has 118 valence electrons. The molecule has 1 amide bonds. The van der Waals surface area contributed by atoms with Crippen LogP contribution < -0.4 is 5.32 Å². The molecule has 1 aromatic heterocycles. The topological polar surface area (TPSA) is 54.1 Å². The second-order valence-corrected chi connectivity index (χ2v) is 6.50. The van der Waals surface area contributed by atoms with Crippen LogP contribution in [0, 0.1) is 5.82 Å². The Morgan fingerprint density at radius 2 is 2.32 bits per heavy atom. The van der Waals surface area contributed by atoms with Crippen LogP contribution >= 0.6 is 0 Å². The number of fused-ring (bicyclic) bond motifs is 1. The van der Waals surface area contributed by atoms with Crippen molar-refractivity contribution in [2.45, 2.75) is 38.2 Å². The van der Waals surface area contributed by atoms with Crippen LogP contribution in [-0.4, -0.2) is 30.1 Å². The number of benzene rings is 1. The van der Waals surface area contributed by atoms with Crippen molar-refractivity contribution in [1.29, 1.82) is 0 Å². The predicted molar refractivity (Wildman–Crippen MR) is 83.3 cm³/mol. The van der Waals surface area contributed by atoms with Gasteiger partial charge >= 0.3 is 0 Å². The molecule has 4 nitrogen and oxygen atoms in total. The monoisotopic (exact) mass is 304 g/mol. The number of nitrogens with one attached hydrogen (secondary N) is 2. The van der Waals surface area contributed by atoms with Gasteiger partial charge in [0.15, 0.2) is 0 Å². The molecular weight excluding hydrogens is 283 g/mol. The van der Waals surface area contributed by atoms with Gasteiger partial charge in [-0.1, -0.05) is 13.8 Å². The first kappa shape index (κ1) is 15.0. The third kappa shape index (κ3) is 2.86. The summed E-state index contributed by atoms with van der Waals surface area (Å²) < 4.78 is 18.7. The molecule has 1 unspecified atom stereocenters. The van der Waals surface area contributed by atoms with E-state index in [-0.39, 0.29) is 23.2 Å². The first-order valence-electron chi connectivity index (χ1n) is 7.64. The second kappa shape index (κ2) is 5.72. The van der Waals surface area contributed by atoms with Gasteiger partial charge in [-0.2, -0.15) is 0 Å². The van der Waals surface area contributed by atoms with Crippen molar-refractivity contribution in [2.24, 2.45) is 0 Å². The summed E-state index contributed by atoms with van der Waals surface area (Å²) in [5.74, 6) is -0.304. The summed E-state index contributed by atoms with van der Waals surface area (Å²) in [5, 5.41) is 3.96. The van der Waals surface area contributed by atoms with Crippen LogP contribution in [0.4, 0.5) is 4.39 Å². The van der Waals surface area contributed by atoms with Gasteiger partial charge in [-0.05, 0) is 36.6 Å². The fourth-order valence-corrected chi connectivity index (χ4v) is 2.96. The molecule has 0 radical (unpaired) electrons. The van der Waals surface area contributed by atoms with E-state index in [2.05, 4.69) is 24.1 Å². The molecule has 2 heterocycles. The van der Waals surface area contributed by atoms with Crippen LogP contribution in [0.3, 0.4) is 0 Å². The molecule has 1 saturated heterocycles. The SMILES string of the molecule is CC(C)(CNC(=O)C1CCCO1)c1c[nH]c2cc(F)ccc12. The standard InChI is InChI=1S/C17H21FN2O2/c1-17(2,10-20-16(21)15-4-3-7-22-15)13-9-19-14-8-11(18)5-6-12(13)14/h5-6,8-9,15,19H,3-4,7,10H2,1-2H3,(H,20,21). The number of carbonyl (C=O) groups excluding carboxylic acids is 1. The molecule has 1 aliphatic rings. The van der Waals surface area contributed by atoms with Crippen LogP contribution in [-0.2, 0) is 14.9 Å². The minimum absolute atomic E-state index is 0.0449. The Hall–Kier alpha value is -1.88. The molecule has 0 saturated carbocycles. The number of amides is 1. The van der Waals surface area contributed by atoms with E-state index >= 15 is 0 Å². The molecular formula is C17H21FN2O2. The second-order valence-electron chi connectivity index (χ2n) is 6.50. The van der Waals surface area contributed by atoms with Crippen LogP contribution in [0.1, 0.15) is 32.3 Å². The zero-order valence-corrected chi connectivity index (χ0v) is 12.9. The van der Waals surface area contributed by atoms with Crippen LogP contribution in [0.25, 0.3) is 10.9 Å². The number of hydrogen-bond donors (Lipinski definition) is 2. The fourth-order valence-electron chi connectivity index (χ4n) is 2.96. The maximum absolute atomic E-state index is 13.3. The third-order valence-corrected chi connectivity index (χ3v) is 4.30. The van der Waals surface area contributed by atoms with E-state index in [4.69, 9.17) is 4.74 Å². The molecule has 2 aromatic rings. The first-order chi connectivity index (χ1) is 10.5. The van der Waals surface area contributed by atoms with E-state index in [1.807, 2.05) is 6.20 Å². The number of H-pyrrole nitrogens is 1. The summed E-state index contributed by atoms with van der Waals surface area (Å²) in [6.07, 6.45) is 3.31. The van der Waals surface area contributed by atoms with Crippen molar-refractivity contribution in [2.75, 3.05) is 13.2 Å². The van der Waals surface area contributed by atoms with Crippen molar-refractivity contribution in [3.05, 3.63) is 35.8 Å². The number of rotatable bonds is 4. The number of carbonyl (C=O) groups is 1. The van der Waals surface area contributed by atoms with Gasteiger partial charge < -0.3 is 15.0 Å².